The number of esters is 1. The molecule has 0 fully saturated rings. The Balaban J connectivity index is 2.75. The van der Waals surface area contributed by atoms with Crippen molar-refractivity contribution in [2.24, 2.45) is 0 Å². The van der Waals surface area contributed by atoms with Crippen molar-refractivity contribution in [3.05, 3.63) is 22.7 Å². The highest BCUT2D eigenvalue weighted by Crippen LogP contribution is 2.36. The van der Waals surface area contributed by atoms with Gasteiger partial charge in [0, 0.05) is 6.92 Å². The van der Waals surface area contributed by atoms with Crippen molar-refractivity contribution in [3.63, 3.8) is 0 Å². The minimum Gasteiger partial charge on any atom is -0.493 e. The fraction of sp³-hybridized carbons (Fsp3) is 0.357. The van der Waals surface area contributed by atoms with Crippen LogP contribution in [-0.4, -0.2) is 38.1 Å². The zero-order chi connectivity index (χ0) is 17.4. The second-order valence-corrected chi connectivity index (χ2v) is 4.64. The molecule has 0 spiro atoms. The Labute approximate surface area is 138 Å². The number of hydrogen-bond donors (Lipinski definition) is 2. The number of benzene rings is 1. The van der Waals surface area contributed by atoms with E-state index in [0.717, 1.165) is 0 Å². The van der Waals surface area contributed by atoms with E-state index >= 15 is 0 Å². The fourth-order valence-corrected chi connectivity index (χ4v) is 1.80. The van der Waals surface area contributed by atoms with Crippen molar-refractivity contribution in [1.29, 1.82) is 0 Å². The quantitative estimate of drug-likeness (QED) is 0.591. The molecule has 126 valence electrons. The van der Waals surface area contributed by atoms with Gasteiger partial charge >= 0.3 is 5.97 Å². The smallest absolute Gasteiger partial charge is 0.338 e. The highest BCUT2D eigenvalue weighted by Gasteiger charge is 2.17. The third-order valence-electron chi connectivity index (χ3n) is 2.47. The standard InChI is InChI=1S/C14H17ClN2O6/c1-4-22-13-10(15)5-9(6-11(13)21-3)14(20)23-7-12(19)17-16-8(2)18/h5-6H,4,7H2,1-3H3,(H,16,18)(H,17,19). The number of carbonyl (C=O) groups is 3. The van der Waals surface area contributed by atoms with E-state index in [0.29, 0.717) is 12.4 Å². The summed E-state index contributed by atoms with van der Waals surface area (Å²) in [5.41, 5.74) is 4.23. The molecule has 1 aromatic carbocycles. The first-order valence-electron chi connectivity index (χ1n) is 6.61. The summed E-state index contributed by atoms with van der Waals surface area (Å²) in [7, 11) is 1.41. The number of nitrogens with one attached hydrogen (secondary N) is 2. The van der Waals surface area contributed by atoms with Gasteiger partial charge in [-0.15, -0.1) is 0 Å². The number of hydrazine groups is 1. The molecule has 2 amide bonds. The average Bonchev–Trinajstić information content (AvgIpc) is 2.52. The van der Waals surface area contributed by atoms with Crippen molar-refractivity contribution < 1.29 is 28.6 Å². The number of ether oxygens (including phenoxy) is 3. The van der Waals surface area contributed by atoms with Gasteiger partial charge in [0.1, 0.15) is 0 Å². The molecule has 0 aliphatic heterocycles. The zero-order valence-corrected chi connectivity index (χ0v) is 13.7. The van der Waals surface area contributed by atoms with Crippen LogP contribution >= 0.6 is 11.6 Å². The van der Waals surface area contributed by atoms with Gasteiger partial charge in [-0.3, -0.25) is 20.4 Å². The van der Waals surface area contributed by atoms with E-state index in [-0.39, 0.29) is 16.3 Å². The first-order chi connectivity index (χ1) is 10.9. The van der Waals surface area contributed by atoms with Crippen LogP contribution in [0, 0.1) is 0 Å². The van der Waals surface area contributed by atoms with Crippen LogP contribution in [0.15, 0.2) is 12.1 Å². The van der Waals surface area contributed by atoms with Gasteiger partial charge in [0.25, 0.3) is 5.91 Å². The molecule has 2 N–H and O–H groups in total. The third kappa shape index (κ3) is 5.67. The van der Waals surface area contributed by atoms with E-state index in [2.05, 4.69) is 10.9 Å². The Hall–Kier alpha value is -2.48. The van der Waals surface area contributed by atoms with Crippen LogP contribution in [-0.2, 0) is 14.3 Å². The molecule has 0 aliphatic carbocycles. The highest BCUT2D eigenvalue weighted by molar-refractivity contribution is 6.32. The van der Waals surface area contributed by atoms with Crippen LogP contribution in [0.3, 0.4) is 0 Å². The molecule has 0 unspecified atom stereocenters. The summed E-state index contributed by atoms with van der Waals surface area (Å²) in [6.45, 7) is 2.82. The average molecular weight is 345 g/mol. The second kappa shape index (κ2) is 8.84. The molecular weight excluding hydrogens is 328 g/mol. The van der Waals surface area contributed by atoms with Crippen molar-refractivity contribution in [3.8, 4) is 11.5 Å². The Kier molecular flexibility index (Phi) is 7.14. The van der Waals surface area contributed by atoms with E-state index in [1.807, 2.05) is 0 Å². The molecule has 23 heavy (non-hydrogen) atoms. The van der Waals surface area contributed by atoms with Crippen LogP contribution in [0.1, 0.15) is 24.2 Å². The van der Waals surface area contributed by atoms with Crippen LogP contribution < -0.4 is 20.3 Å². The SMILES string of the molecule is CCOc1c(Cl)cc(C(=O)OCC(=O)NNC(C)=O)cc1OC. The molecule has 0 radical (unpaired) electrons. The van der Waals surface area contributed by atoms with Crippen molar-refractivity contribution in [2.45, 2.75) is 13.8 Å². The van der Waals surface area contributed by atoms with E-state index in [1.165, 1.54) is 26.2 Å². The predicted molar refractivity (Wildman–Crippen MR) is 81.4 cm³/mol. The molecule has 0 aromatic heterocycles. The number of halogens is 1. The van der Waals surface area contributed by atoms with Gasteiger partial charge in [0.2, 0.25) is 5.91 Å². The second-order valence-electron chi connectivity index (χ2n) is 4.23. The summed E-state index contributed by atoms with van der Waals surface area (Å²) < 4.78 is 15.3. The first kappa shape index (κ1) is 18.6. The lowest BCUT2D eigenvalue weighted by Crippen LogP contribution is -2.42. The minimum atomic E-state index is -0.772. The van der Waals surface area contributed by atoms with Gasteiger partial charge in [0.15, 0.2) is 18.1 Å². The summed E-state index contributed by atoms with van der Waals surface area (Å²) in [6.07, 6.45) is 0. The van der Waals surface area contributed by atoms with Gasteiger partial charge in [-0.05, 0) is 19.1 Å². The lowest BCUT2D eigenvalue weighted by Gasteiger charge is -2.13. The third-order valence-corrected chi connectivity index (χ3v) is 2.75. The molecule has 0 saturated carbocycles. The van der Waals surface area contributed by atoms with Gasteiger partial charge in [0.05, 0.1) is 24.3 Å². The van der Waals surface area contributed by atoms with Gasteiger partial charge in [-0.2, -0.15) is 0 Å². The maximum atomic E-state index is 11.9. The van der Waals surface area contributed by atoms with E-state index in [1.54, 1.807) is 6.92 Å². The van der Waals surface area contributed by atoms with Crippen LogP contribution in [0.2, 0.25) is 5.02 Å². The number of carbonyl (C=O) groups excluding carboxylic acids is 3. The predicted octanol–water partition coefficient (Wildman–Crippen LogP) is 1.07. The summed E-state index contributed by atoms with van der Waals surface area (Å²) in [6, 6.07) is 2.74. The number of hydrogen-bond acceptors (Lipinski definition) is 6. The number of rotatable bonds is 6. The van der Waals surface area contributed by atoms with Gasteiger partial charge in [-0.25, -0.2) is 4.79 Å². The lowest BCUT2D eigenvalue weighted by atomic mass is 10.2. The largest absolute Gasteiger partial charge is 0.493 e. The summed E-state index contributed by atoms with van der Waals surface area (Å²) in [5.74, 6) is -1.32. The van der Waals surface area contributed by atoms with Crippen molar-refractivity contribution in [1.82, 2.24) is 10.9 Å². The molecule has 0 heterocycles. The zero-order valence-electron chi connectivity index (χ0n) is 12.9. The molecule has 1 rings (SSSR count). The maximum absolute atomic E-state index is 11.9. The van der Waals surface area contributed by atoms with Crippen molar-refractivity contribution in [2.75, 3.05) is 20.3 Å². The van der Waals surface area contributed by atoms with Crippen LogP contribution in [0.4, 0.5) is 0 Å². The molecule has 0 bridgehead atoms. The summed E-state index contributed by atoms with van der Waals surface area (Å²) >= 11 is 6.04. The monoisotopic (exact) mass is 344 g/mol. The van der Waals surface area contributed by atoms with Crippen LogP contribution in [0.5, 0.6) is 11.5 Å². The van der Waals surface area contributed by atoms with Crippen molar-refractivity contribution >= 4 is 29.4 Å². The van der Waals surface area contributed by atoms with Gasteiger partial charge < -0.3 is 14.2 Å². The summed E-state index contributed by atoms with van der Waals surface area (Å²) in [5, 5.41) is 0.181. The number of methoxy groups -OCH3 is 1. The fourth-order valence-electron chi connectivity index (χ4n) is 1.53. The molecule has 9 heteroatoms. The molecule has 8 nitrogen and oxygen atoms in total. The highest BCUT2D eigenvalue weighted by atomic mass is 35.5. The van der Waals surface area contributed by atoms with E-state index in [4.69, 9.17) is 25.8 Å². The Bertz CT molecular complexity index is 605. The lowest BCUT2D eigenvalue weighted by molar-refractivity contribution is -0.129. The first-order valence-corrected chi connectivity index (χ1v) is 6.99. The molecule has 0 saturated heterocycles. The molecule has 1 aromatic rings. The Morgan fingerprint density at radius 1 is 1.22 bits per heavy atom. The molecular formula is C14H17ClN2O6. The Morgan fingerprint density at radius 2 is 1.91 bits per heavy atom. The van der Waals surface area contributed by atoms with E-state index in [9.17, 15) is 14.4 Å². The normalized spacial score (nSPS) is 9.74. The molecule has 0 aliphatic rings. The van der Waals surface area contributed by atoms with E-state index < -0.39 is 24.4 Å². The summed E-state index contributed by atoms with van der Waals surface area (Å²) in [4.78, 5) is 33.9. The minimum absolute atomic E-state index is 0.0997. The molecule has 0 atom stereocenters. The maximum Gasteiger partial charge on any atom is 0.338 e. The van der Waals surface area contributed by atoms with Crippen LogP contribution in [0.25, 0.3) is 0 Å². The van der Waals surface area contributed by atoms with Gasteiger partial charge in [-0.1, -0.05) is 11.6 Å². The number of amides is 2. The Morgan fingerprint density at radius 3 is 2.48 bits per heavy atom. The topological polar surface area (TPSA) is 103 Å².